The fourth-order valence-electron chi connectivity index (χ4n) is 1.87. The molecule has 1 aliphatic rings. The third kappa shape index (κ3) is 5.10. The van der Waals surface area contributed by atoms with E-state index in [0.29, 0.717) is 6.54 Å². The number of amides is 2. The van der Waals surface area contributed by atoms with Crippen LogP contribution in [0.2, 0.25) is 0 Å². The van der Waals surface area contributed by atoms with E-state index >= 15 is 0 Å². The third-order valence-corrected chi connectivity index (χ3v) is 2.92. The Morgan fingerprint density at radius 1 is 1.42 bits per heavy atom. The van der Waals surface area contributed by atoms with E-state index in [2.05, 4.69) is 5.32 Å². The van der Waals surface area contributed by atoms with E-state index in [1.54, 1.807) is 0 Å². The van der Waals surface area contributed by atoms with Gasteiger partial charge in [0.2, 0.25) is 11.8 Å². The molecular weight excluding hydrogens is 258 g/mol. The molecule has 0 aromatic heterocycles. The van der Waals surface area contributed by atoms with Crippen molar-refractivity contribution in [1.29, 1.82) is 0 Å². The van der Waals surface area contributed by atoms with Gasteiger partial charge < -0.3 is 15.0 Å². The molecule has 1 saturated heterocycles. The highest BCUT2D eigenvalue weighted by Gasteiger charge is 2.31. The van der Waals surface area contributed by atoms with Crippen molar-refractivity contribution in [2.45, 2.75) is 32.7 Å². The Morgan fingerprint density at radius 2 is 2.11 bits per heavy atom. The zero-order valence-electron chi connectivity index (χ0n) is 11.2. The molecule has 110 valence electrons. The number of hydrogen-bond acceptors (Lipinski definition) is 3. The van der Waals surface area contributed by atoms with Crippen LogP contribution in [0.25, 0.3) is 0 Å². The molecule has 0 bridgehead atoms. The molecule has 1 rings (SSSR count). The van der Waals surface area contributed by atoms with Crippen LogP contribution in [0.5, 0.6) is 0 Å². The minimum Gasteiger partial charge on any atom is -0.374 e. The normalized spacial score (nSPS) is 20.9. The van der Waals surface area contributed by atoms with Gasteiger partial charge in [-0.2, -0.15) is 0 Å². The highest BCUT2D eigenvalue weighted by molar-refractivity contribution is 5.90. The Labute approximate surface area is 111 Å². The summed E-state index contributed by atoms with van der Waals surface area (Å²) in [5.74, 6) is -0.358. The first-order chi connectivity index (χ1) is 8.91. The summed E-state index contributed by atoms with van der Waals surface area (Å²) >= 11 is 0. The van der Waals surface area contributed by atoms with Crippen LogP contribution in [0.1, 0.15) is 20.3 Å². The zero-order valence-corrected chi connectivity index (χ0v) is 11.2. The quantitative estimate of drug-likeness (QED) is 0.725. The molecule has 0 aromatic carbocycles. The minimum atomic E-state index is -2.51. The van der Waals surface area contributed by atoms with Gasteiger partial charge in [0.1, 0.15) is 12.6 Å². The van der Waals surface area contributed by atoms with Crippen molar-refractivity contribution in [3.8, 4) is 0 Å². The van der Waals surface area contributed by atoms with Crippen molar-refractivity contribution < 1.29 is 23.1 Å². The van der Waals surface area contributed by atoms with Crippen molar-refractivity contribution in [2.24, 2.45) is 5.92 Å². The standard InChI is InChI=1S/C12H20F2N2O3/c1-8(2)11-12(18)16(4-3-10(17)15-11)5-6-19-7-9(13)14/h8-9,11H,3-7H2,1-2H3,(H,15,17). The third-order valence-electron chi connectivity index (χ3n) is 2.92. The summed E-state index contributed by atoms with van der Waals surface area (Å²) in [4.78, 5) is 25.2. The molecule has 1 unspecified atom stereocenters. The number of alkyl halides is 2. The molecule has 19 heavy (non-hydrogen) atoms. The summed E-state index contributed by atoms with van der Waals surface area (Å²) in [7, 11) is 0. The van der Waals surface area contributed by atoms with E-state index in [0.717, 1.165) is 0 Å². The molecule has 0 saturated carbocycles. The molecule has 7 heteroatoms. The molecule has 0 aliphatic carbocycles. The minimum absolute atomic E-state index is 0.0148. The molecule has 0 radical (unpaired) electrons. The molecule has 0 spiro atoms. The molecule has 1 aliphatic heterocycles. The number of halogens is 2. The second-order valence-electron chi connectivity index (χ2n) is 4.83. The summed E-state index contributed by atoms with van der Waals surface area (Å²) in [5, 5.41) is 2.68. The number of nitrogens with zero attached hydrogens (tertiary/aromatic N) is 1. The summed E-state index contributed by atoms with van der Waals surface area (Å²) in [5.41, 5.74) is 0. The van der Waals surface area contributed by atoms with Gasteiger partial charge in [0.15, 0.2) is 0 Å². The molecule has 1 atom stereocenters. The van der Waals surface area contributed by atoms with Gasteiger partial charge in [0.25, 0.3) is 6.43 Å². The second kappa shape index (κ2) is 7.37. The summed E-state index contributed by atoms with van der Waals surface area (Å²) < 4.78 is 28.6. The van der Waals surface area contributed by atoms with Crippen molar-refractivity contribution >= 4 is 11.8 Å². The maximum Gasteiger partial charge on any atom is 0.261 e. The molecule has 0 aromatic rings. The lowest BCUT2D eigenvalue weighted by Crippen LogP contribution is -2.48. The lowest BCUT2D eigenvalue weighted by molar-refractivity contribution is -0.135. The van der Waals surface area contributed by atoms with Crippen LogP contribution in [0.15, 0.2) is 0 Å². The Morgan fingerprint density at radius 3 is 2.68 bits per heavy atom. The monoisotopic (exact) mass is 278 g/mol. The van der Waals surface area contributed by atoms with Gasteiger partial charge in [-0.15, -0.1) is 0 Å². The van der Waals surface area contributed by atoms with Crippen LogP contribution in [-0.4, -0.2) is 55.5 Å². The van der Waals surface area contributed by atoms with Crippen LogP contribution in [0, 0.1) is 5.92 Å². The van der Waals surface area contributed by atoms with Gasteiger partial charge in [0, 0.05) is 19.5 Å². The number of carbonyl (C=O) groups is 2. The van der Waals surface area contributed by atoms with Gasteiger partial charge in [-0.05, 0) is 5.92 Å². The largest absolute Gasteiger partial charge is 0.374 e. The molecule has 1 heterocycles. The Kier molecular flexibility index (Phi) is 6.14. The van der Waals surface area contributed by atoms with Gasteiger partial charge in [-0.1, -0.05) is 13.8 Å². The molecule has 1 N–H and O–H groups in total. The maximum absolute atomic E-state index is 12.2. The highest BCUT2D eigenvalue weighted by atomic mass is 19.3. The number of carbonyl (C=O) groups excluding carboxylic acids is 2. The van der Waals surface area contributed by atoms with E-state index < -0.39 is 19.1 Å². The van der Waals surface area contributed by atoms with Crippen molar-refractivity contribution in [1.82, 2.24) is 10.2 Å². The predicted molar refractivity (Wildman–Crippen MR) is 64.8 cm³/mol. The van der Waals surface area contributed by atoms with E-state index in [9.17, 15) is 18.4 Å². The van der Waals surface area contributed by atoms with Crippen LogP contribution in [0.4, 0.5) is 8.78 Å². The number of hydrogen-bond donors (Lipinski definition) is 1. The van der Waals surface area contributed by atoms with Gasteiger partial charge in [-0.25, -0.2) is 8.78 Å². The average molecular weight is 278 g/mol. The van der Waals surface area contributed by atoms with E-state index in [4.69, 9.17) is 4.74 Å². The highest BCUT2D eigenvalue weighted by Crippen LogP contribution is 2.10. The van der Waals surface area contributed by atoms with E-state index in [1.807, 2.05) is 13.8 Å². The zero-order chi connectivity index (χ0) is 14.4. The molecule has 2 amide bonds. The molecular formula is C12H20F2N2O3. The lowest BCUT2D eigenvalue weighted by Gasteiger charge is -2.25. The van der Waals surface area contributed by atoms with Crippen LogP contribution < -0.4 is 5.32 Å². The first-order valence-corrected chi connectivity index (χ1v) is 6.36. The Bertz CT molecular complexity index is 324. The van der Waals surface area contributed by atoms with Crippen LogP contribution >= 0.6 is 0 Å². The van der Waals surface area contributed by atoms with Crippen molar-refractivity contribution in [3.05, 3.63) is 0 Å². The number of nitrogens with one attached hydrogen (secondary N) is 1. The van der Waals surface area contributed by atoms with Gasteiger partial charge in [-0.3, -0.25) is 9.59 Å². The maximum atomic E-state index is 12.2. The van der Waals surface area contributed by atoms with Crippen molar-refractivity contribution in [2.75, 3.05) is 26.3 Å². The van der Waals surface area contributed by atoms with Crippen LogP contribution in [0.3, 0.4) is 0 Å². The fraction of sp³-hybridized carbons (Fsp3) is 0.833. The Hall–Kier alpha value is -1.24. The lowest BCUT2D eigenvalue weighted by atomic mass is 10.0. The number of ether oxygens (including phenoxy) is 1. The summed E-state index contributed by atoms with van der Waals surface area (Å²) in [6.45, 7) is 3.64. The first kappa shape index (κ1) is 15.8. The number of rotatable bonds is 6. The predicted octanol–water partition coefficient (Wildman–Crippen LogP) is 0.641. The average Bonchev–Trinajstić information content (AvgIpc) is 2.46. The molecule has 5 nitrogen and oxygen atoms in total. The summed E-state index contributed by atoms with van der Waals surface area (Å²) in [6, 6.07) is -0.551. The van der Waals surface area contributed by atoms with Gasteiger partial charge in [0.05, 0.1) is 6.61 Å². The van der Waals surface area contributed by atoms with Crippen molar-refractivity contribution in [3.63, 3.8) is 0 Å². The second-order valence-corrected chi connectivity index (χ2v) is 4.83. The smallest absolute Gasteiger partial charge is 0.261 e. The Balaban J connectivity index is 2.51. The fourth-order valence-corrected chi connectivity index (χ4v) is 1.87. The van der Waals surface area contributed by atoms with Gasteiger partial charge >= 0.3 is 0 Å². The van der Waals surface area contributed by atoms with E-state index in [1.165, 1.54) is 4.90 Å². The van der Waals surface area contributed by atoms with Crippen LogP contribution in [-0.2, 0) is 14.3 Å². The molecule has 1 fully saturated rings. The summed E-state index contributed by atoms with van der Waals surface area (Å²) in [6.07, 6.45) is -2.28. The first-order valence-electron chi connectivity index (χ1n) is 6.36. The topological polar surface area (TPSA) is 58.6 Å². The van der Waals surface area contributed by atoms with E-state index in [-0.39, 0.29) is 37.3 Å². The SMILES string of the molecule is CC(C)C1NC(=O)CCN(CCOCC(F)F)C1=O.